The molecule has 0 aromatic rings. The van der Waals surface area contributed by atoms with Crippen LogP contribution in [0.1, 0.15) is 25.7 Å². The van der Waals surface area contributed by atoms with Gasteiger partial charge in [-0.1, -0.05) is 0 Å². The van der Waals surface area contributed by atoms with Crippen LogP contribution in [-0.4, -0.2) is 22.7 Å². The van der Waals surface area contributed by atoms with Crippen molar-refractivity contribution in [1.29, 1.82) is 0 Å². The number of rotatable bonds is 2. The standard InChI is InChI=1S/C8H13NS2/c1-11-8-4-2-7(3-5-8)9-6-10/h7-8H,2-5H2,1H3. The summed E-state index contributed by atoms with van der Waals surface area (Å²) in [5.74, 6) is 0. The van der Waals surface area contributed by atoms with Gasteiger partial charge < -0.3 is 0 Å². The Balaban J connectivity index is 2.29. The van der Waals surface area contributed by atoms with Crippen LogP contribution in [0.5, 0.6) is 0 Å². The summed E-state index contributed by atoms with van der Waals surface area (Å²) in [4.78, 5) is 4.11. The minimum absolute atomic E-state index is 0.482. The zero-order valence-corrected chi connectivity index (χ0v) is 8.38. The van der Waals surface area contributed by atoms with E-state index in [0.717, 1.165) is 5.25 Å². The number of thiocarbonyl (C=S) groups is 1. The third-order valence-electron chi connectivity index (χ3n) is 2.21. The first-order valence-electron chi connectivity index (χ1n) is 3.96. The first-order valence-corrected chi connectivity index (χ1v) is 5.66. The number of hydrogen-bond donors (Lipinski definition) is 0. The molecule has 1 nitrogen and oxygen atoms in total. The van der Waals surface area contributed by atoms with Gasteiger partial charge in [0.05, 0.1) is 11.2 Å². The maximum atomic E-state index is 4.57. The fourth-order valence-corrected chi connectivity index (χ4v) is 2.38. The lowest BCUT2D eigenvalue weighted by molar-refractivity contribution is 0.454. The molecular formula is C8H13NS2. The molecule has 0 saturated heterocycles. The Hall–Kier alpha value is 0.150. The number of hydrogen-bond acceptors (Lipinski definition) is 3. The van der Waals surface area contributed by atoms with Crippen molar-refractivity contribution in [2.45, 2.75) is 37.0 Å². The highest BCUT2D eigenvalue weighted by Crippen LogP contribution is 2.27. The summed E-state index contributed by atoms with van der Waals surface area (Å²) in [5, 5.41) is 3.34. The zero-order valence-electron chi connectivity index (χ0n) is 6.75. The Morgan fingerprint density at radius 2 is 2.00 bits per heavy atom. The Morgan fingerprint density at radius 1 is 1.36 bits per heavy atom. The Morgan fingerprint density at radius 3 is 2.45 bits per heavy atom. The van der Waals surface area contributed by atoms with Crippen molar-refractivity contribution in [3.63, 3.8) is 0 Å². The molecule has 0 radical (unpaired) electrons. The molecule has 0 aliphatic heterocycles. The van der Waals surface area contributed by atoms with Crippen LogP contribution in [0.2, 0.25) is 0 Å². The van der Waals surface area contributed by atoms with Crippen molar-refractivity contribution in [1.82, 2.24) is 0 Å². The normalized spacial score (nSPS) is 31.0. The Bertz CT molecular complexity index is 155. The van der Waals surface area contributed by atoms with E-state index in [4.69, 9.17) is 0 Å². The van der Waals surface area contributed by atoms with E-state index < -0.39 is 0 Å². The van der Waals surface area contributed by atoms with E-state index in [1.165, 1.54) is 25.7 Å². The highest BCUT2D eigenvalue weighted by Gasteiger charge is 2.18. The molecule has 1 fully saturated rings. The second-order valence-corrected chi connectivity index (χ2v) is 4.21. The molecule has 1 aliphatic rings. The molecule has 0 aromatic carbocycles. The maximum Gasteiger partial charge on any atom is 0.0603 e. The summed E-state index contributed by atoms with van der Waals surface area (Å²) >= 11 is 6.55. The predicted molar refractivity (Wildman–Crippen MR) is 54.6 cm³/mol. The van der Waals surface area contributed by atoms with Gasteiger partial charge in [0.15, 0.2) is 0 Å². The third kappa shape index (κ3) is 2.94. The van der Waals surface area contributed by atoms with Gasteiger partial charge >= 0.3 is 0 Å². The number of isothiocyanates is 1. The molecule has 1 aliphatic carbocycles. The summed E-state index contributed by atoms with van der Waals surface area (Å²) in [7, 11) is 0. The Labute approximate surface area is 77.7 Å². The molecule has 0 amide bonds. The number of nitrogens with zero attached hydrogens (tertiary/aromatic N) is 1. The summed E-state index contributed by atoms with van der Waals surface area (Å²) < 4.78 is 0. The molecular weight excluding hydrogens is 174 g/mol. The topological polar surface area (TPSA) is 12.4 Å². The van der Waals surface area contributed by atoms with E-state index in [-0.39, 0.29) is 0 Å². The van der Waals surface area contributed by atoms with E-state index in [9.17, 15) is 0 Å². The van der Waals surface area contributed by atoms with Crippen molar-refractivity contribution in [3.05, 3.63) is 0 Å². The van der Waals surface area contributed by atoms with Crippen LogP contribution in [-0.2, 0) is 0 Å². The van der Waals surface area contributed by atoms with Gasteiger partial charge in [0, 0.05) is 5.25 Å². The van der Waals surface area contributed by atoms with Crippen LogP contribution in [0.3, 0.4) is 0 Å². The average molecular weight is 187 g/mol. The van der Waals surface area contributed by atoms with Gasteiger partial charge in [-0.05, 0) is 44.2 Å². The molecule has 0 N–H and O–H groups in total. The molecule has 62 valence electrons. The summed E-state index contributed by atoms with van der Waals surface area (Å²) in [5.41, 5.74) is 0. The second kappa shape index (κ2) is 4.91. The van der Waals surface area contributed by atoms with Gasteiger partial charge in [-0.3, -0.25) is 0 Å². The molecule has 1 rings (SSSR count). The van der Waals surface area contributed by atoms with Crippen molar-refractivity contribution in [2.24, 2.45) is 4.99 Å². The fraction of sp³-hybridized carbons (Fsp3) is 0.875. The molecule has 0 aromatic heterocycles. The highest BCUT2D eigenvalue weighted by molar-refractivity contribution is 7.99. The fourth-order valence-electron chi connectivity index (χ4n) is 1.48. The van der Waals surface area contributed by atoms with E-state index in [0.29, 0.717) is 6.04 Å². The van der Waals surface area contributed by atoms with Crippen LogP contribution in [0.15, 0.2) is 4.99 Å². The lowest BCUT2D eigenvalue weighted by Gasteiger charge is -2.23. The van der Waals surface area contributed by atoms with E-state index >= 15 is 0 Å². The van der Waals surface area contributed by atoms with Gasteiger partial charge in [-0.15, -0.1) is 0 Å². The van der Waals surface area contributed by atoms with Crippen LogP contribution in [0.25, 0.3) is 0 Å². The van der Waals surface area contributed by atoms with Crippen molar-refractivity contribution >= 4 is 29.1 Å². The van der Waals surface area contributed by atoms with Gasteiger partial charge in [-0.2, -0.15) is 11.8 Å². The summed E-state index contributed by atoms with van der Waals surface area (Å²) in [6, 6.07) is 0.482. The largest absolute Gasteiger partial charge is 0.229 e. The van der Waals surface area contributed by atoms with E-state index in [1.54, 1.807) is 0 Å². The first kappa shape index (κ1) is 9.24. The van der Waals surface area contributed by atoms with E-state index in [1.807, 2.05) is 11.8 Å². The maximum absolute atomic E-state index is 4.57. The lowest BCUT2D eigenvalue weighted by atomic mass is 9.96. The minimum atomic E-state index is 0.482. The Kier molecular flexibility index (Phi) is 4.13. The molecule has 0 bridgehead atoms. The van der Waals surface area contributed by atoms with Crippen LogP contribution < -0.4 is 0 Å². The quantitative estimate of drug-likeness (QED) is 0.487. The zero-order chi connectivity index (χ0) is 8.10. The van der Waals surface area contributed by atoms with Gasteiger partial charge in [-0.25, -0.2) is 4.99 Å². The molecule has 0 heterocycles. The molecule has 0 unspecified atom stereocenters. The summed E-state index contributed by atoms with van der Waals surface area (Å²) in [6.45, 7) is 0. The SMILES string of the molecule is CSC1CCC(N=C=S)CC1. The molecule has 1 saturated carbocycles. The van der Waals surface area contributed by atoms with Crippen LogP contribution in [0, 0.1) is 0 Å². The average Bonchev–Trinajstić information content (AvgIpc) is 2.07. The monoisotopic (exact) mass is 187 g/mol. The minimum Gasteiger partial charge on any atom is -0.229 e. The first-order chi connectivity index (χ1) is 5.36. The smallest absolute Gasteiger partial charge is 0.0603 e. The summed E-state index contributed by atoms with van der Waals surface area (Å²) in [6.07, 6.45) is 7.19. The van der Waals surface area contributed by atoms with Crippen molar-refractivity contribution < 1.29 is 0 Å². The lowest BCUT2D eigenvalue weighted by Crippen LogP contribution is -2.18. The molecule has 3 heteroatoms. The number of thioether (sulfide) groups is 1. The number of aliphatic imine (C=N–C) groups is 1. The van der Waals surface area contributed by atoms with Crippen molar-refractivity contribution in [2.75, 3.05) is 6.26 Å². The highest BCUT2D eigenvalue weighted by atomic mass is 32.2. The van der Waals surface area contributed by atoms with Crippen molar-refractivity contribution in [3.8, 4) is 0 Å². The van der Waals surface area contributed by atoms with Crippen LogP contribution >= 0.6 is 24.0 Å². The van der Waals surface area contributed by atoms with Gasteiger partial charge in [0.1, 0.15) is 0 Å². The molecule has 11 heavy (non-hydrogen) atoms. The molecule has 0 spiro atoms. The second-order valence-electron chi connectivity index (χ2n) is 2.89. The van der Waals surface area contributed by atoms with Gasteiger partial charge in [0.25, 0.3) is 0 Å². The predicted octanol–water partition coefficient (Wildman–Crippen LogP) is 2.76. The van der Waals surface area contributed by atoms with Crippen LogP contribution in [0.4, 0.5) is 0 Å². The van der Waals surface area contributed by atoms with Gasteiger partial charge in [0.2, 0.25) is 0 Å². The van der Waals surface area contributed by atoms with E-state index in [2.05, 4.69) is 28.6 Å². The molecule has 0 atom stereocenters. The third-order valence-corrected chi connectivity index (χ3v) is 3.46.